The van der Waals surface area contributed by atoms with Gasteiger partial charge >= 0.3 is 0 Å². The van der Waals surface area contributed by atoms with E-state index >= 15 is 0 Å². The third-order valence-electron chi connectivity index (χ3n) is 2.88. The predicted octanol–water partition coefficient (Wildman–Crippen LogP) is 4.43. The number of nitrogen functional groups attached to an aromatic ring is 1. The first-order chi connectivity index (χ1) is 9.04. The van der Waals surface area contributed by atoms with Gasteiger partial charge in [0.2, 0.25) is 0 Å². The lowest BCUT2D eigenvalue weighted by atomic mass is 10.1. The molecule has 0 aliphatic carbocycles. The summed E-state index contributed by atoms with van der Waals surface area (Å²) in [5.41, 5.74) is 9.13. The van der Waals surface area contributed by atoms with E-state index in [0.29, 0.717) is 0 Å². The number of hydrogen-bond acceptors (Lipinski definition) is 2. The maximum Gasteiger partial charge on any atom is 0.0318 e. The van der Waals surface area contributed by atoms with Gasteiger partial charge in [-0.2, -0.15) is 0 Å². The molecular formula is C15H16Br2N2. The molecule has 0 amide bonds. The normalized spacial score (nSPS) is 10.9. The van der Waals surface area contributed by atoms with Gasteiger partial charge in [-0.15, -0.1) is 0 Å². The Bertz CT molecular complexity index is 553. The van der Waals surface area contributed by atoms with Crippen LogP contribution in [0.1, 0.15) is 11.1 Å². The van der Waals surface area contributed by atoms with Crippen LogP contribution in [0.25, 0.3) is 0 Å². The minimum absolute atomic E-state index is 0.801. The average molecular weight is 384 g/mol. The highest BCUT2D eigenvalue weighted by atomic mass is 79.9. The number of nitrogens with two attached hydrogens (primary N) is 1. The van der Waals surface area contributed by atoms with Crippen LogP contribution in [0, 0.1) is 0 Å². The molecule has 0 aliphatic rings. The summed E-state index contributed by atoms with van der Waals surface area (Å²) in [6.07, 6.45) is 0. The molecule has 19 heavy (non-hydrogen) atoms. The van der Waals surface area contributed by atoms with Crippen LogP contribution in [0.4, 0.5) is 5.69 Å². The molecule has 2 rings (SSSR count). The van der Waals surface area contributed by atoms with Gasteiger partial charge in [0.15, 0.2) is 0 Å². The largest absolute Gasteiger partial charge is 0.399 e. The lowest BCUT2D eigenvalue weighted by Gasteiger charge is -2.18. The highest BCUT2D eigenvalue weighted by Gasteiger charge is 2.05. The van der Waals surface area contributed by atoms with Crippen molar-refractivity contribution in [2.45, 2.75) is 13.1 Å². The van der Waals surface area contributed by atoms with Crippen molar-refractivity contribution in [2.75, 3.05) is 12.8 Å². The topological polar surface area (TPSA) is 29.3 Å². The van der Waals surface area contributed by atoms with E-state index in [1.807, 2.05) is 18.2 Å². The van der Waals surface area contributed by atoms with E-state index in [9.17, 15) is 0 Å². The van der Waals surface area contributed by atoms with Gasteiger partial charge in [0.1, 0.15) is 0 Å². The molecule has 2 aromatic carbocycles. The number of rotatable bonds is 4. The zero-order valence-electron chi connectivity index (χ0n) is 10.7. The Kier molecular flexibility index (Phi) is 5.02. The summed E-state index contributed by atoms with van der Waals surface area (Å²) in [7, 11) is 2.11. The van der Waals surface area contributed by atoms with Crippen molar-refractivity contribution < 1.29 is 0 Å². The Balaban J connectivity index is 2.02. The molecule has 0 atom stereocenters. The Hall–Kier alpha value is -0.840. The second kappa shape index (κ2) is 6.55. The fourth-order valence-electron chi connectivity index (χ4n) is 1.96. The van der Waals surface area contributed by atoms with Gasteiger partial charge in [0.25, 0.3) is 0 Å². The molecule has 0 bridgehead atoms. The third kappa shape index (κ3) is 4.34. The van der Waals surface area contributed by atoms with E-state index in [-0.39, 0.29) is 0 Å². The van der Waals surface area contributed by atoms with Crippen LogP contribution in [-0.4, -0.2) is 11.9 Å². The molecule has 100 valence electrons. The molecule has 0 saturated carbocycles. The first-order valence-electron chi connectivity index (χ1n) is 6.01. The Morgan fingerprint density at radius 2 is 1.68 bits per heavy atom. The SMILES string of the molecule is CN(Cc1ccc(Br)cc1)Cc1cc(N)ccc1Br. The Labute approximate surface area is 130 Å². The molecule has 4 heteroatoms. The van der Waals surface area contributed by atoms with Crippen LogP contribution in [0.5, 0.6) is 0 Å². The molecule has 0 aromatic heterocycles. The minimum Gasteiger partial charge on any atom is -0.399 e. The monoisotopic (exact) mass is 382 g/mol. The van der Waals surface area contributed by atoms with Crippen LogP contribution in [0.3, 0.4) is 0 Å². The van der Waals surface area contributed by atoms with E-state index in [2.05, 4.69) is 68.1 Å². The second-order valence-corrected chi connectivity index (χ2v) is 6.42. The van der Waals surface area contributed by atoms with Crippen molar-refractivity contribution in [3.63, 3.8) is 0 Å². The smallest absolute Gasteiger partial charge is 0.0318 e. The van der Waals surface area contributed by atoms with Gasteiger partial charge in [-0.3, -0.25) is 4.90 Å². The van der Waals surface area contributed by atoms with Gasteiger partial charge in [0.05, 0.1) is 0 Å². The summed E-state index contributed by atoms with van der Waals surface area (Å²) in [6.45, 7) is 1.77. The summed E-state index contributed by atoms with van der Waals surface area (Å²) >= 11 is 7.01. The van der Waals surface area contributed by atoms with E-state index in [1.165, 1.54) is 11.1 Å². The standard InChI is InChI=1S/C15H16Br2N2/c1-19(9-11-2-4-13(16)5-3-11)10-12-8-14(18)6-7-15(12)17/h2-8H,9-10,18H2,1H3. The molecule has 2 aromatic rings. The number of halogens is 2. The fourth-order valence-corrected chi connectivity index (χ4v) is 2.60. The number of hydrogen-bond donors (Lipinski definition) is 1. The fraction of sp³-hybridized carbons (Fsp3) is 0.200. The molecule has 0 unspecified atom stereocenters. The number of nitrogens with zero attached hydrogens (tertiary/aromatic N) is 1. The van der Waals surface area contributed by atoms with Crippen molar-refractivity contribution in [2.24, 2.45) is 0 Å². The summed E-state index contributed by atoms with van der Waals surface area (Å²) in [5, 5.41) is 0. The zero-order valence-corrected chi connectivity index (χ0v) is 13.9. The van der Waals surface area contributed by atoms with Gasteiger partial charge in [-0.05, 0) is 48.5 Å². The zero-order chi connectivity index (χ0) is 13.8. The van der Waals surface area contributed by atoms with Crippen molar-refractivity contribution in [3.8, 4) is 0 Å². The molecule has 0 saturated heterocycles. The summed E-state index contributed by atoms with van der Waals surface area (Å²) in [5.74, 6) is 0. The summed E-state index contributed by atoms with van der Waals surface area (Å²) in [4.78, 5) is 2.27. The highest BCUT2D eigenvalue weighted by Crippen LogP contribution is 2.21. The lowest BCUT2D eigenvalue weighted by Crippen LogP contribution is -2.17. The van der Waals surface area contributed by atoms with Gasteiger partial charge < -0.3 is 5.73 Å². The molecule has 0 spiro atoms. The van der Waals surface area contributed by atoms with Crippen molar-refractivity contribution in [1.29, 1.82) is 0 Å². The van der Waals surface area contributed by atoms with Crippen LogP contribution in [0.2, 0.25) is 0 Å². The predicted molar refractivity (Wildman–Crippen MR) is 87.9 cm³/mol. The highest BCUT2D eigenvalue weighted by molar-refractivity contribution is 9.10. The Morgan fingerprint density at radius 1 is 1.00 bits per heavy atom. The van der Waals surface area contributed by atoms with E-state index in [4.69, 9.17) is 5.73 Å². The van der Waals surface area contributed by atoms with Crippen LogP contribution < -0.4 is 5.73 Å². The molecule has 0 heterocycles. The molecule has 0 fully saturated rings. The van der Waals surface area contributed by atoms with E-state index < -0.39 is 0 Å². The maximum absolute atomic E-state index is 5.83. The quantitative estimate of drug-likeness (QED) is 0.791. The molecule has 2 nitrogen and oxygen atoms in total. The lowest BCUT2D eigenvalue weighted by molar-refractivity contribution is 0.318. The van der Waals surface area contributed by atoms with E-state index in [1.54, 1.807) is 0 Å². The first kappa shape index (κ1) is 14.6. The number of benzene rings is 2. The minimum atomic E-state index is 0.801. The second-order valence-electron chi connectivity index (χ2n) is 4.65. The average Bonchev–Trinajstić information content (AvgIpc) is 2.37. The van der Waals surface area contributed by atoms with Gasteiger partial charge in [-0.1, -0.05) is 44.0 Å². The molecular weight excluding hydrogens is 368 g/mol. The van der Waals surface area contributed by atoms with Crippen LogP contribution in [-0.2, 0) is 13.1 Å². The summed E-state index contributed by atoms with van der Waals surface area (Å²) < 4.78 is 2.21. The molecule has 2 N–H and O–H groups in total. The summed E-state index contributed by atoms with van der Waals surface area (Å²) in [6, 6.07) is 14.3. The third-order valence-corrected chi connectivity index (χ3v) is 4.18. The molecule has 0 radical (unpaired) electrons. The van der Waals surface area contributed by atoms with Gasteiger partial charge in [-0.25, -0.2) is 0 Å². The molecule has 0 aliphatic heterocycles. The maximum atomic E-state index is 5.83. The first-order valence-corrected chi connectivity index (χ1v) is 7.60. The van der Waals surface area contributed by atoms with Crippen LogP contribution >= 0.6 is 31.9 Å². The van der Waals surface area contributed by atoms with E-state index in [0.717, 1.165) is 27.7 Å². The van der Waals surface area contributed by atoms with Crippen molar-refractivity contribution in [1.82, 2.24) is 4.90 Å². The van der Waals surface area contributed by atoms with Crippen molar-refractivity contribution >= 4 is 37.5 Å². The van der Waals surface area contributed by atoms with Crippen LogP contribution in [0.15, 0.2) is 51.4 Å². The Morgan fingerprint density at radius 3 is 2.37 bits per heavy atom. The van der Waals surface area contributed by atoms with Crippen molar-refractivity contribution in [3.05, 3.63) is 62.5 Å². The van der Waals surface area contributed by atoms with Gasteiger partial charge in [0, 0.05) is 27.7 Å². The number of anilines is 1.